The molecule has 2 unspecified atom stereocenters. The molecule has 0 aliphatic heterocycles. The maximum absolute atomic E-state index is 12.4. The van der Waals surface area contributed by atoms with Crippen LogP contribution in [0.5, 0.6) is 0 Å². The summed E-state index contributed by atoms with van der Waals surface area (Å²) in [5, 5.41) is 13.0. The maximum Gasteiger partial charge on any atom is 0.267 e. The van der Waals surface area contributed by atoms with E-state index in [-0.39, 0.29) is 12.3 Å². The number of carbonyl (C=O) groups is 1. The van der Waals surface area contributed by atoms with Gasteiger partial charge < -0.3 is 10.4 Å². The molecular weight excluding hydrogens is 534 g/mol. The molecule has 6 nitrogen and oxygen atoms in total. The van der Waals surface area contributed by atoms with Crippen LogP contribution in [0.2, 0.25) is 0 Å². The van der Waals surface area contributed by atoms with Gasteiger partial charge in [-0.1, -0.05) is 120 Å². The van der Waals surface area contributed by atoms with Gasteiger partial charge >= 0.3 is 0 Å². The summed E-state index contributed by atoms with van der Waals surface area (Å²) < 4.78 is 32.1. The number of aliphatic hydroxyl groups is 1. The molecule has 0 aliphatic carbocycles. The number of hydrogen-bond acceptors (Lipinski definition) is 4. The van der Waals surface area contributed by atoms with Crippen LogP contribution in [0, 0.1) is 0 Å². The minimum absolute atomic E-state index is 0.277. The second kappa shape index (κ2) is 28.4. The predicted octanol–water partition coefficient (Wildman–Crippen LogP) is 8.79. The summed E-state index contributed by atoms with van der Waals surface area (Å²) in [6, 6.07) is -1.07. The fourth-order valence-electron chi connectivity index (χ4n) is 4.49. The largest absolute Gasteiger partial charge is 0.387 e. The van der Waals surface area contributed by atoms with Gasteiger partial charge in [-0.15, -0.1) is 0 Å². The van der Waals surface area contributed by atoms with Crippen LogP contribution in [0.3, 0.4) is 0 Å². The van der Waals surface area contributed by atoms with Gasteiger partial charge in [0.05, 0.1) is 17.9 Å². The van der Waals surface area contributed by atoms with Gasteiger partial charge in [-0.2, -0.15) is 8.42 Å². The van der Waals surface area contributed by atoms with E-state index in [4.69, 9.17) is 0 Å². The standard InChI is InChI=1S/C34H61NO5S/c1-3-5-7-9-11-13-14-15-16-17-18-19-20-22-24-26-28-30-34(37)35-32(31-41(38,39)40)33(36)29-27-25-23-21-12-10-8-6-4-2/h11-13,15-16,21,27,29,32-33,36H,3-10,14,17-20,22-26,28,30-31H2,1-2H3,(H,35,37)(H,38,39,40)/b13-11-,16-15-,21-12+,29-27+. The van der Waals surface area contributed by atoms with Crippen LogP contribution in [-0.2, 0) is 14.9 Å². The lowest BCUT2D eigenvalue weighted by atomic mass is 10.1. The summed E-state index contributed by atoms with van der Waals surface area (Å²) in [6.45, 7) is 4.41. The van der Waals surface area contributed by atoms with Crippen LogP contribution < -0.4 is 5.32 Å². The van der Waals surface area contributed by atoms with Gasteiger partial charge in [0, 0.05) is 6.42 Å². The highest BCUT2D eigenvalue weighted by Crippen LogP contribution is 2.11. The molecule has 0 aliphatic rings. The lowest BCUT2D eigenvalue weighted by molar-refractivity contribution is -0.122. The minimum atomic E-state index is -4.34. The van der Waals surface area contributed by atoms with E-state index in [2.05, 4.69) is 55.6 Å². The highest BCUT2D eigenvalue weighted by Gasteiger charge is 2.24. The first-order valence-corrected chi connectivity index (χ1v) is 17.9. The molecule has 0 rings (SSSR count). The molecule has 0 saturated heterocycles. The number of unbranched alkanes of at least 4 members (excludes halogenated alkanes) is 14. The van der Waals surface area contributed by atoms with Crippen molar-refractivity contribution in [2.24, 2.45) is 0 Å². The van der Waals surface area contributed by atoms with Gasteiger partial charge in [0.25, 0.3) is 10.1 Å². The lowest BCUT2D eigenvalue weighted by Gasteiger charge is -2.21. The molecule has 0 aromatic rings. The molecule has 0 radical (unpaired) electrons. The number of aliphatic hydroxyl groups excluding tert-OH is 1. The molecule has 0 aromatic carbocycles. The fourth-order valence-corrected chi connectivity index (χ4v) is 5.23. The molecule has 0 heterocycles. The SMILES string of the molecule is CCCCC/C=C\C/C=C\CCCCCCCCCC(=O)NC(CS(=O)(=O)O)C(O)/C=C/CC/C=C/CCCCC. The summed E-state index contributed by atoms with van der Waals surface area (Å²) in [6.07, 6.45) is 36.7. The highest BCUT2D eigenvalue weighted by molar-refractivity contribution is 7.85. The third-order valence-electron chi connectivity index (χ3n) is 6.98. The molecule has 41 heavy (non-hydrogen) atoms. The van der Waals surface area contributed by atoms with Gasteiger partial charge in [-0.25, -0.2) is 0 Å². The highest BCUT2D eigenvalue weighted by atomic mass is 32.2. The Bertz CT molecular complexity index is 832. The maximum atomic E-state index is 12.4. The molecule has 0 bridgehead atoms. The monoisotopic (exact) mass is 595 g/mol. The van der Waals surface area contributed by atoms with E-state index in [0.29, 0.717) is 6.42 Å². The topological polar surface area (TPSA) is 104 Å². The first-order valence-electron chi connectivity index (χ1n) is 16.3. The van der Waals surface area contributed by atoms with Crippen molar-refractivity contribution < 1.29 is 22.9 Å². The second-order valence-electron chi connectivity index (χ2n) is 11.1. The number of rotatable bonds is 28. The summed E-state index contributed by atoms with van der Waals surface area (Å²) in [4.78, 5) is 12.4. The van der Waals surface area contributed by atoms with E-state index in [0.717, 1.165) is 51.4 Å². The van der Waals surface area contributed by atoms with Gasteiger partial charge in [0.1, 0.15) is 0 Å². The van der Waals surface area contributed by atoms with Crippen LogP contribution in [-0.4, -0.2) is 41.9 Å². The van der Waals surface area contributed by atoms with Crippen LogP contribution in [0.4, 0.5) is 0 Å². The average molecular weight is 596 g/mol. The van der Waals surface area contributed by atoms with E-state index < -0.39 is 28.0 Å². The van der Waals surface area contributed by atoms with E-state index >= 15 is 0 Å². The number of carbonyl (C=O) groups excluding carboxylic acids is 1. The van der Waals surface area contributed by atoms with Crippen LogP contribution in [0.1, 0.15) is 142 Å². The fraction of sp³-hybridized carbons (Fsp3) is 0.735. The molecule has 0 aromatic heterocycles. The van der Waals surface area contributed by atoms with Crippen LogP contribution >= 0.6 is 0 Å². The minimum Gasteiger partial charge on any atom is -0.387 e. The van der Waals surface area contributed by atoms with Crippen LogP contribution in [0.15, 0.2) is 48.6 Å². The van der Waals surface area contributed by atoms with E-state index in [9.17, 15) is 22.9 Å². The number of allylic oxidation sites excluding steroid dienone is 7. The zero-order valence-electron chi connectivity index (χ0n) is 26.2. The van der Waals surface area contributed by atoms with Crippen molar-refractivity contribution in [1.29, 1.82) is 0 Å². The molecule has 0 spiro atoms. The Kier molecular flexibility index (Phi) is 27.2. The van der Waals surface area contributed by atoms with Crippen molar-refractivity contribution in [3.63, 3.8) is 0 Å². The Morgan fingerprint density at radius 1 is 0.659 bits per heavy atom. The Morgan fingerprint density at radius 3 is 1.68 bits per heavy atom. The summed E-state index contributed by atoms with van der Waals surface area (Å²) in [5.74, 6) is -1.02. The smallest absolute Gasteiger partial charge is 0.267 e. The average Bonchev–Trinajstić information content (AvgIpc) is 2.92. The normalized spacial score (nSPS) is 14.1. The zero-order chi connectivity index (χ0) is 30.4. The number of hydrogen-bond donors (Lipinski definition) is 3. The molecule has 3 N–H and O–H groups in total. The molecule has 1 amide bonds. The summed E-state index contributed by atoms with van der Waals surface area (Å²) in [7, 11) is -4.34. The summed E-state index contributed by atoms with van der Waals surface area (Å²) >= 11 is 0. The van der Waals surface area contributed by atoms with Crippen molar-refractivity contribution in [1.82, 2.24) is 5.32 Å². The Hall–Kier alpha value is -1.70. The quantitative estimate of drug-likeness (QED) is 0.0476. The van der Waals surface area contributed by atoms with Crippen molar-refractivity contribution in [3.05, 3.63) is 48.6 Å². The predicted molar refractivity (Wildman–Crippen MR) is 175 cm³/mol. The van der Waals surface area contributed by atoms with Gasteiger partial charge in [-0.05, 0) is 64.2 Å². The Labute approximate surface area is 252 Å². The van der Waals surface area contributed by atoms with Crippen molar-refractivity contribution in [2.45, 2.75) is 154 Å². The van der Waals surface area contributed by atoms with E-state index in [1.165, 1.54) is 70.3 Å². The zero-order valence-corrected chi connectivity index (χ0v) is 27.0. The molecule has 2 atom stereocenters. The van der Waals surface area contributed by atoms with E-state index in [1.807, 2.05) is 0 Å². The Morgan fingerprint density at radius 2 is 1.12 bits per heavy atom. The molecule has 0 fully saturated rings. The Balaban J connectivity index is 4.05. The summed E-state index contributed by atoms with van der Waals surface area (Å²) in [5.41, 5.74) is 0. The van der Waals surface area contributed by atoms with Crippen LogP contribution in [0.25, 0.3) is 0 Å². The molecular formula is C34H61NO5S. The first kappa shape index (κ1) is 39.3. The van der Waals surface area contributed by atoms with Gasteiger partial charge in [0.2, 0.25) is 5.91 Å². The molecule has 0 saturated carbocycles. The third-order valence-corrected chi connectivity index (χ3v) is 7.76. The second-order valence-corrected chi connectivity index (χ2v) is 12.6. The van der Waals surface area contributed by atoms with Crippen molar-refractivity contribution in [2.75, 3.05) is 5.75 Å². The third kappa shape index (κ3) is 29.6. The lowest BCUT2D eigenvalue weighted by Crippen LogP contribution is -2.46. The van der Waals surface area contributed by atoms with Gasteiger partial charge in [-0.3, -0.25) is 9.35 Å². The first-order chi connectivity index (χ1) is 19.8. The van der Waals surface area contributed by atoms with Crippen molar-refractivity contribution >= 4 is 16.0 Å². The van der Waals surface area contributed by atoms with Gasteiger partial charge in [0.15, 0.2) is 0 Å². The molecule has 238 valence electrons. The molecule has 7 heteroatoms. The van der Waals surface area contributed by atoms with E-state index in [1.54, 1.807) is 6.08 Å². The van der Waals surface area contributed by atoms with Crippen molar-refractivity contribution in [3.8, 4) is 0 Å². The number of nitrogens with one attached hydrogen (secondary N) is 1. The number of amides is 1.